The van der Waals surface area contributed by atoms with Gasteiger partial charge in [0.15, 0.2) is 0 Å². The molecule has 4 heterocycles. The summed E-state index contributed by atoms with van der Waals surface area (Å²) in [6.45, 7) is 7.57. The molecular formula is C25H29N5O4. The minimum Gasteiger partial charge on any atom is -0.489 e. The second-order valence-electron chi connectivity index (χ2n) is 8.49. The van der Waals surface area contributed by atoms with Crippen molar-refractivity contribution in [1.29, 1.82) is 5.26 Å². The van der Waals surface area contributed by atoms with Gasteiger partial charge in [0.2, 0.25) is 5.88 Å². The second-order valence-corrected chi connectivity index (χ2v) is 8.49. The number of pyridine rings is 3. The molecule has 9 nitrogen and oxygen atoms in total. The highest BCUT2D eigenvalue weighted by atomic mass is 16.5. The molecule has 0 radical (unpaired) electrons. The fraction of sp³-hybridized carbons (Fsp3) is 0.440. The molecule has 0 unspecified atom stereocenters. The summed E-state index contributed by atoms with van der Waals surface area (Å²) in [6.07, 6.45) is 1.98. The van der Waals surface area contributed by atoms with Crippen molar-refractivity contribution in [2.45, 2.75) is 45.5 Å². The molecule has 0 bridgehead atoms. The Morgan fingerprint density at radius 3 is 2.74 bits per heavy atom. The highest BCUT2D eigenvalue weighted by Gasteiger charge is 2.33. The fourth-order valence-corrected chi connectivity index (χ4v) is 4.17. The number of fused-ring (bicyclic) bond motifs is 1. The number of anilines is 1. The number of aryl methyl sites for hydroxylation is 1. The summed E-state index contributed by atoms with van der Waals surface area (Å²) in [5.74, 6) is 1.21. The average molecular weight is 464 g/mol. The molecule has 2 atom stereocenters. The van der Waals surface area contributed by atoms with Gasteiger partial charge in [-0.05, 0) is 39.0 Å². The number of nitriles is 1. The second kappa shape index (κ2) is 10.1. The van der Waals surface area contributed by atoms with Crippen LogP contribution in [0, 0.1) is 11.3 Å². The van der Waals surface area contributed by atoms with E-state index in [0.717, 1.165) is 0 Å². The summed E-state index contributed by atoms with van der Waals surface area (Å²) in [7, 11) is 1.70. The minimum absolute atomic E-state index is 0.0739. The molecule has 0 aromatic carbocycles. The van der Waals surface area contributed by atoms with Crippen molar-refractivity contribution in [3.8, 4) is 17.7 Å². The molecule has 1 fully saturated rings. The standard InChI is InChI=1S/C25H29N5O4/c1-5-32-22-15-30(11-10-21(22)34-23-9-7-18(14-27-23)33-16(2)3)20-12-24(31)29(4)19-8-6-17(13-26)28-25(19)20/h6-9,12,14,16,21-22H,5,10-11,15H2,1-4H3/t21-,22-/m0/s1. The number of hydrogen-bond acceptors (Lipinski definition) is 8. The van der Waals surface area contributed by atoms with E-state index in [1.807, 2.05) is 26.8 Å². The molecule has 178 valence electrons. The summed E-state index contributed by atoms with van der Waals surface area (Å²) in [6, 6.07) is 10.7. The fourth-order valence-electron chi connectivity index (χ4n) is 4.17. The molecule has 0 saturated carbocycles. The Kier molecular flexibility index (Phi) is 6.98. The largest absolute Gasteiger partial charge is 0.489 e. The molecule has 9 heteroatoms. The van der Waals surface area contributed by atoms with Crippen LogP contribution < -0.4 is 19.9 Å². The van der Waals surface area contributed by atoms with E-state index in [1.54, 1.807) is 42.1 Å². The van der Waals surface area contributed by atoms with Gasteiger partial charge in [-0.3, -0.25) is 4.79 Å². The number of nitrogens with zero attached hydrogens (tertiary/aromatic N) is 5. The SMILES string of the molecule is CCO[C@H]1CN(c2cc(=O)n(C)c3ccc(C#N)nc23)CC[C@@H]1Oc1ccc(OC(C)C)cn1. The van der Waals surface area contributed by atoms with Crippen molar-refractivity contribution in [2.24, 2.45) is 7.05 Å². The predicted octanol–water partition coefficient (Wildman–Crippen LogP) is 3.05. The minimum atomic E-state index is -0.231. The first-order valence-electron chi connectivity index (χ1n) is 11.5. The molecule has 0 N–H and O–H groups in total. The smallest absolute Gasteiger partial charge is 0.252 e. The summed E-state index contributed by atoms with van der Waals surface area (Å²) in [4.78, 5) is 23.6. The Bertz CT molecular complexity index is 1250. The molecule has 0 amide bonds. The number of piperidine rings is 1. The van der Waals surface area contributed by atoms with Crippen LogP contribution in [-0.4, -0.2) is 52.5 Å². The Morgan fingerprint density at radius 1 is 1.24 bits per heavy atom. The molecule has 3 aromatic heterocycles. The van der Waals surface area contributed by atoms with Crippen molar-refractivity contribution >= 4 is 16.7 Å². The van der Waals surface area contributed by atoms with E-state index in [9.17, 15) is 10.1 Å². The molecule has 1 saturated heterocycles. The zero-order chi connectivity index (χ0) is 24.2. The number of hydrogen-bond donors (Lipinski definition) is 0. The Labute approximate surface area is 198 Å². The van der Waals surface area contributed by atoms with E-state index in [4.69, 9.17) is 14.2 Å². The van der Waals surface area contributed by atoms with Gasteiger partial charge in [0, 0.05) is 45.3 Å². The number of rotatable bonds is 7. The average Bonchev–Trinajstić information content (AvgIpc) is 2.83. The molecule has 0 aliphatic carbocycles. The van der Waals surface area contributed by atoms with Gasteiger partial charge in [0.1, 0.15) is 35.2 Å². The third-order valence-electron chi connectivity index (χ3n) is 5.76. The van der Waals surface area contributed by atoms with Gasteiger partial charge in [-0.25, -0.2) is 9.97 Å². The van der Waals surface area contributed by atoms with E-state index < -0.39 is 0 Å². The summed E-state index contributed by atoms with van der Waals surface area (Å²) in [5, 5.41) is 9.32. The van der Waals surface area contributed by atoms with Gasteiger partial charge in [-0.2, -0.15) is 5.26 Å². The van der Waals surface area contributed by atoms with Crippen molar-refractivity contribution in [2.75, 3.05) is 24.6 Å². The topological polar surface area (TPSA) is 103 Å². The molecule has 1 aliphatic rings. The Morgan fingerprint density at radius 2 is 2.06 bits per heavy atom. The first-order chi connectivity index (χ1) is 16.4. The van der Waals surface area contributed by atoms with Crippen LogP contribution in [0.25, 0.3) is 11.0 Å². The maximum atomic E-state index is 12.6. The highest BCUT2D eigenvalue weighted by molar-refractivity contribution is 5.88. The van der Waals surface area contributed by atoms with Gasteiger partial charge in [-0.15, -0.1) is 0 Å². The zero-order valence-corrected chi connectivity index (χ0v) is 19.9. The molecule has 1 aliphatic heterocycles. The summed E-state index contributed by atoms with van der Waals surface area (Å²) < 4.78 is 19.4. The number of aromatic nitrogens is 3. The lowest BCUT2D eigenvalue weighted by Crippen LogP contribution is -2.50. The van der Waals surface area contributed by atoms with Crippen molar-refractivity contribution in [1.82, 2.24) is 14.5 Å². The maximum Gasteiger partial charge on any atom is 0.252 e. The zero-order valence-electron chi connectivity index (χ0n) is 19.9. The lowest BCUT2D eigenvalue weighted by molar-refractivity contribution is -0.0296. The van der Waals surface area contributed by atoms with E-state index in [0.29, 0.717) is 60.2 Å². The van der Waals surface area contributed by atoms with Crippen LogP contribution in [0.2, 0.25) is 0 Å². The van der Waals surface area contributed by atoms with E-state index >= 15 is 0 Å². The molecule has 3 aromatic rings. The molecule has 4 rings (SSSR count). The van der Waals surface area contributed by atoms with Crippen molar-refractivity contribution in [3.05, 3.63) is 52.6 Å². The van der Waals surface area contributed by atoms with Crippen molar-refractivity contribution < 1.29 is 14.2 Å². The van der Waals surface area contributed by atoms with Crippen LogP contribution in [0.15, 0.2) is 41.3 Å². The predicted molar refractivity (Wildman–Crippen MR) is 128 cm³/mol. The van der Waals surface area contributed by atoms with Crippen LogP contribution in [-0.2, 0) is 11.8 Å². The number of ether oxygens (including phenoxy) is 3. The van der Waals surface area contributed by atoms with Gasteiger partial charge < -0.3 is 23.7 Å². The summed E-state index contributed by atoms with van der Waals surface area (Å²) >= 11 is 0. The lowest BCUT2D eigenvalue weighted by Gasteiger charge is -2.39. The Hall–Kier alpha value is -3.64. The highest BCUT2D eigenvalue weighted by Crippen LogP contribution is 2.29. The Balaban J connectivity index is 1.58. The summed E-state index contributed by atoms with van der Waals surface area (Å²) in [5.41, 5.74) is 2.18. The van der Waals surface area contributed by atoms with Crippen LogP contribution >= 0.6 is 0 Å². The van der Waals surface area contributed by atoms with Crippen LogP contribution in [0.5, 0.6) is 11.6 Å². The van der Waals surface area contributed by atoms with Gasteiger partial charge in [0.05, 0.1) is 23.5 Å². The normalized spacial score (nSPS) is 18.2. The van der Waals surface area contributed by atoms with Crippen LogP contribution in [0.4, 0.5) is 5.69 Å². The van der Waals surface area contributed by atoms with Gasteiger partial charge in [0.25, 0.3) is 5.56 Å². The maximum absolute atomic E-state index is 12.6. The van der Waals surface area contributed by atoms with Crippen LogP contribution in [0.1, 0.15) is 32.9 Å². The quantitative estimate of drug-likeness (QED) is 0.527. The van der Waals surface area contributed by atoms with Crippen molar-refractivity contribution in [3.63, 3.8) is 0 Å². The van der Waals surface area contributed by atoms with Gasteiger partial charge in [-0.1, -0.05) is 0 Å². The first-order valence-corrected chi connectivity index (χ1v) is 11.5. The first kappa shape index (κ1) is 23.5. The molecular weight excluding hydrogens is 434 g/mol. The molecule has 34 heavy (non-hydrogen) atoms. The third-order valence-corrected chi connectivity index (χ3v) is 5.76. The van der Waals surface area contributed by atoms with Gasteiger partial charge >= 0.3 is 0 Å². The molecule has 0 spiro atoms. The lowest BCUT2D eigenvalue weighted by atomic mass is 10.0. The van der Waals surface area contributed by atoms with E-state index in [-0.39, 0.29) is 23.9 Å². The van der Waals surface area contributed by atoms with E-state index in [2.05, 4.69) is 20.9 Å². The van der Waals surface area contributed by atoms with E-state index in [1.165, 1.54) is 0 Å². The third kappa shape index (κ3) is 4.97. The monoisotopic (exact) mass is 463 g/mol. The van der Waals surface area contributed by atoms with Crippen LogP contribution in [0.3, 0.4) is 0 Å².